The van der Waals surface area contributed by atoms with E-state index in [0.717, 1.165) is 87.4 Å². The Hall–Kier alpha value is -1.96. The molecule has 2 aromatic heterocycles. The van der Waals surface area contributed by atoms with E-state index in [2.05, 4.69) is 14.9 Å². The van der Waals surface area contributed by atoms with Crippen molar-refractivity contribution in [1.82, 2.24) is 19.5 Å². The topological polar surface area (TPSA) is 70.8 Å². The minimum Gasteiger partial charge on any atom is -0.346 e. The highest BCUT2D eigenvalue weighted by molar-refractivity contribution is 7.20. The molecule has 2 fully saturated rings. The van der Waals surface area contributed by atoms with Crippen LogP contribution in [0.5, 0.6) is 0 Å². The molecule has 28 heavy (non-hydrogen) atoms. The van der Waals surface area contributed by atoms with Gasteiger partial charge in [0.2, 0.25) is 16.0 Å². The van der Waals surface area contributed by atoms with Gasteiger partial charge >= 0.3 is 0 Å². The van der Waals surface area contributed by atoms with Gasteiger partial charge in [0, 0.05) is 31.7 Å². The Kier molecular flexibility index (Phi) is 4.82. The molecule has 0 N–H and O–H groups in total. The number of rotatable bonds is 2. The highest BCUT2D eigenvalue weighted by atomic mass is 32.1. The van der Waals surface area contributed by atoms with Crippen LogP contribution >= 0.6 is 11.3 Å². The van der Waals surface area contributed by atoms with E-state index in [1.165, 1.54) is 22.3 Å². The largest absolute Gasteiger partial charge is 0.346 e. The Morgan fingerprint density at radius 1 is 1.00 bits per heavy atom. The van der Waals surface area contributed by atoms with Gasteiger partial charge in [0.15, 0.2) is 0 Å². The smallest absolute Gasteiger partial charge is 0.278 e. The van der Waals surface area contributed by atoms with Crippen molar-refractivity contribution in [2.75, 3.05) is 31.1 Å². The maximum atomic E-state index is 12.9. The lowest BCUT2D eigenvalue weighted by atomic mass is 9.96. The van der Waals surface area contributed by atoms with Gasteiger partial charge in [0.1, 0.15) is 0 Å². The first-order chi connectivity index (χ1) is 13.7. The second-order valence-electron chi connectivity index (χ2n) is 8.30. The van der Waals surface area contributed by atoms with Crippen LogP contribution in [-0.4, -0.2) is 51.6 Å². The molecule has 4 heterocycles. The summed E-state index contributed by atoms with van der Waals surface area (Å²) in [7, 11) is 0. The molecular formula is C20H27N5O2S. The molecule has 1 unspecified atom stereocenters. The summed E-state index contributed by atoms with van der Waals surface area (Å²) >= 11 is 1.48. The number of anilines is 1. The number of amides is 1. The van der Waals surface area contributed by atoms with Crippen molar-refractivity contribution in [2.24, 2.45) is 5.92 Å². The van der Waals surface area contributed by atoms with Gasteiger partial charge in [-0.1, -0.05) is 11.3 Å². The van der Waals surface area contributed by atoms with E-state index < -0.39 is 0 Å². The Labute approximate surface area is 168 Å². The summed E-state index contributed by atoms with van der Waals surface area (Å²) in [5.41, 5.74) is 1.81. The molecule has 2 aromatic rings. The molecule has 0 radical (unpaired) electrons. The summed E-state index contributed by atoms with van der Waals surface area (Å²) in [6.07, 6.45) is 9.28. The first-order valence-electron chi connectivity index (χ1n) is 10.7. The molecule has 0 spiro atoms. The molecule has 3 aliphatic rings. The molecule has 0 bridgehead atoms. The van der Waals surface area contributed by atoms with Gasteiger partial charge in [-0.25, -0.2) is 4.98 Å². The fraction of sp³-hybridized carbons (Fsp3) is 0.700. The first-order valence-corrected chi connectivity index (χ1v) is 11.5. The number of aryl methyl sites for hydroxylation is 1. The molecule has 1 aliphatic carbocycles. The Bertz CT molecular complexity index is 946. The number of fused-ring (bicyclic) bond motifs is 2. The highest BCUT2D eigenvalue weighted by Gasteiger charge is 2.31. The van der Waals surface area contributed by atoms with Crippen LogP contribution in [0.25, 0.3) is 4.96 Å². The SMILES string of the molecule is O=C(C1CCCN(c2nn3c(=O)c4c(nc3s2)CCCC4)C1)N1CCCCC1. The zero-order valence-corrected chi connectivity index (χ0v) is 17.0. The number of aromatic nitrogens is 3. The fourth-order valence-electron chi connectivity index (χ4n) is 4.82. The maximum Gasteiger partial charge on any atom is 0.278 e. The number of likely N-dealkylation sites (tertiary alicyclic amines) is 1. The van der Waals surface area contributed by atoms with Crippen molar-refractivity contribution < 1.29 is 4.79 Å². The molecule has 0 aromatic carbocycles. The third-order valence-electron chi connectivity index (χ3n) is 6.38. The number of hydrogen-bond donors (Lipinski definition) is 0. The summed E-state index contributed by atoms with van der Waals surface area (Å²) in [5, 5.41) is 5.43. The maximum absolute atomic E-state index is 12.9. The molecule has 1 amide bonds. The van der Waals surface area contributed by atoms with Gasteiger partial charge in [-0.3, -0.25) is 9.59 Å². The second-order valence-corrected chi connectivity index (χ2v) is 9.23. The van der Waals surface area contributed by atoms with Crippen LogP contribution in [-0.2, 0) is 17.6 Å². The van der Waals surface area contributed by atoms with Gasteiger partial charge in [0.05, 0.1) is 11.6 Å². The second kappa shape index (κ2) is 7.46. The lowest BCUT2D eigenvalue weighted by molar-refractivity contribution is -0.136. The van der Waals surface area contributed by atoms with E-state index in [1.54, 1.807) is 0 Å². The van der Waals surface area contributed by atoms with Gasteiger partial charge in [0.25, 0.3) is 5.56 Å². The lowest BCUT2D eigenvalue weighted by Gasteiger charge is -2.36. The molecule has 8 heteroatoms. The molecule has 2 saturated heterocycles. The molecular weight excluding hydrogens is 374 g/mol. The third kappa shape index (κ3) is 3.21. The average molecular weight is 402 g/mol. The zero-order chi connectivity index (χ0) is 19.1. The van der Waals surface area contributed by atoms with Crippen LogP contribution in [0.15, 0.2) is 4.79 Å². The summed E-state index contributed by atoms with van der Waals surface area (Å²) in [6, 6.07) is 0. The predicted octanol–water partition coefficient (Wildman–Crippen LogP) is 2.26. The summed E-state index contributed by atoms with van der Waals surface area (Å²) in [6.45, 7) is 3.39. The number of nitrogens with zero attached hydrogens (tertiary/aromatic N) is 5. The lowest BCUT2D eigenvalue weighted by Crippen LogP contribution is -2.46. The van der Waals surface area contributed by atoms with E-state index in [9.17, 15) is 9.59 Å². The van der Waals surface area contributed by atoms with Crippen molar-refractivity contribution in [1.29, 1.82) is 0 Å². The molecule has 150 valence electrons. The standard InChI is InChI=1S/C20H27N5O2S/c26-17(23-10-4-1-5-11-23)14-7-6-12-24(13-14)20-22-25-18(27)15-8-2-3-9-16(15)21-19(25)28-20/h14H,1-13H2. The number of carbonyl (C=O) groups is 1. The molecule has 2 aliphatic heterocycles. The van der Waals surface area contributed by atoms with Crippen LogP contribution in [0.4, 0.5) is 5.13 Å². The van der Waals surface area contributed by atoms with E-state index >= 15 is 0 Å². The van der Waals surface area contributed by atoms with Crippen molar-refractivity contribution in [2.45, 2.75) is 57.8 Å². The Morgan fingerprint density at radius 2 is 1.82 bits per heavy atom. The van der Waals surface area contributed by atoms with Crippen LogP contribution in [0.2, 0.25) is 0 Å². The van der Waals surface area contributed by atoms with E-state index in [-0.39, 0.29) is 11.5 Å². The number of piperidine rings is 2. The van der Waals surface area contributed by atoms with Gasteiger partial charge in [-0.15, -0.1) is 5.10 Å². The van der Waals surface area contributed by atoms with E-state index in [1.807, 2.05) is 0 Å². The summed E-state index contributed by atoms with van der Waals surface area (Å²) in [4.78, 5) is 35.4. The minimum atomic E-state index is 0.000141. The van der Waals surface area contributed by atoms with Crippen LogP contribution in [0.3, 0.4) is 0 Å². The van der Waals surface area contributed by atoms with Crippen molar-refractivity contribution in [3.05, 3.63) is 21.6 Å². The van der Waals surface area contributed by atoms with Gasteiger partial charge in [-0.2, -0.15) is 4.52 Å². The van der Waals surface area contributed by atoms with Crippen molar-refractivity contribution >= 4 is 27.3 Å². The predicted molar refractivity (Wildman–Crippen MR) is 109 cm³/mol. The van der Waals surface area contributed by atoms with Crippen LogP contribution in [0, 0.1) is 5.92 Å². The summed E-state index contributed by atoms with van der Waals surface area (Å²) in [5.74, 6) is 0.341. The van der Waals surface area contributed by atoms with Gasteiger partial charge < -0.3 is 9.80 Å². The average Bonchev–Trinajstić information content (AvgIpc) is 3.19. The first kappa shape index (κ1) is 18.1. The molecule has 7 nitrogen and oxygen atoms in total. The van der Waals surface area contributed by atoms with Crippen molar-refractivity contribution in [3.63, 3.8) is 0 Å². The molecule has 5 rings (SSSR count). The fourth-order valence-corrected chi connectivity index (χ4v) is 5.76. The van der Waals surface area contributed by atoms with Crippen LogP contribution < -0.4 is 10.5 Å². The molecule has 1 atom stereocenters. The van der Waals surface area contributed by atoms with Gasteiger partial charge in [-0.05, 0) is 57.8 Å². The number of carbonyl (C=O) groups excluding carboxylic acids is 1. The van der Waals surface area contributed by atoms with Crippen LogP contribution in [0.1, 0.15) is 56.2 Å². The quantitative estimate of drug-likeness (QED) is 0.772. The van der Waals surface area contributed by atoms with E-state index in [4.69, 9.17) is 4.98 Å². The molecule has 0 saturated carbocycles. The zero-order valence-electron chi connectivity index (χ0n) is 16.2. The Morgan fingerprint density at radius 3 is 2.68 bits per heavy atom. The van der Waals surface area contributed by atoms with E-state index in [0.29, 0.717) is 17.4 Å². The normalized spacial score (nSPS) is 23.1. The monoisotopic (exact) mass is 401 g/mol. The highest BCUT2D eigenvalue weighted by Crippen LogP contribution is 2.29. The van der Waals surface area contributed by atoms with Crippen molar-refractivity contribution in [3.8, 4) is 0 Å². The Balaban J connectivity index is 1.39. The third-order valence-corrected chi connectivity index (χ3v) is 7.35. The summed E-state index contributed by atoms with van der Waals surface area (Å²) < 4.78 is 1.49. The number of hydrogen-bond acceptors (Lipinski definition) is 6. The minimum absolute atomic E-state index is 0.000141.